The van der Waals surface area contributed by atoms with Crippen LogP contribution < -0.4 is 10.6 Å². The molecule has 0 saturated carbocycles. The molecule has 0 bridgehead atoms. The molecule has 0 saturated heterocycles. The lowest BCUT2D eigenvalue weighted by molar-refractivity contribution is -0.113. The van der Waals surface area contributed by atoms with Crippen molar-refractivity contribution in [3.8, 4) is 0 Å². The lowest BCUT2D eigenvalue weighted by Gasteiger charge is -2.10. The van der Waals surface area contributed by atoms with Crippen molar-refractivity contribution in [1.29, 1.82) is 0 Å². The number of carbonyl (C=O) groups excluding carboxylic acids is 2. The molecule has 2 rings (SSSR count). The van der Waals surface area contributed by atoms with Crippen molar-refractivity contribution in [3.63, 3.8) is 0 Å². The maximum atomic E-state index is 12.2. The van der Waals surface area contributed by atoms with Gasteiger partial charge in [-0.2, -0.15) is 0 Å². The third-order valence-electron chi connectivity index (χ3n) is 3.39. The van der Waals surface area contributed by atoms with Gasteiger partial charge in [-0.1, -0.05) is 38.1 Å². The molecule has 5 nitrogen and oxygen atoms in total. The van der Waals surface area contributed by atoms with Crippen molar-refractivity contribution in [3.05, 3.63) is 54.1 Å². The molecule has 6 heteroatoms. The van der Waals surface area contributed by atoms with Gasteiger partial charge in [-0.3, -0.25) is 10.1 Å². The van der Waals surface area contributed by atoms with Crippen molar-refractivity contribution >= 4 is 35.1 Å². The number of rotatable bonds is 7. The number of nitrogens with one attached hydrogen (secondary N) is 2. The summed E-state index contributed by atoms with van der Waals surface area (Å²) in [5.41, 5.74) is 2.35. The first-order chi connectivity index (χ1) is 12.4. The zero-order valence-electron chi connectivity index (χ0n) is 15.2. The van der Waals surface area contributed by atoms with Gasteiger partial charge in [0.1, 0.15) is 0 Å². The Labute approximate surface area is 158 Å². The third-order valence-corrected chi connectivity index (χ3v) is 4.57. The molecular weight excluding hydrogens is 348 g/mol. The molecule has 0 aliphatic heterocycles. The highest BCUT2D eigenvalue weighted by atomic mass is 32.2. The molecule has 138 valence electrons. The Morgan fingerprint density at radius 3 is 2.42 bits per heavy atom. The van der Waals surface area contributed by atoms with Gasteiger partial charge >= 0.3 is 6.09 Å². The minimum absolute atomic E-state index is 0.0993. The summed E-state index contributed by atoms with van der Waals surface area (Å²) in [6.07, 6.45) is -0.503. The van der Waals surface area contributed by atoms with Crippen LogP contribution in [-0.4, -0.2) is 24.4 Å². The second-order valence-corrected chi connectivity index (χ2v) is 7.32. The Kier molecular flexibility index (Phi) is 7.53. The number of anilines is 2. The maximum Gasteiger partial charge on any atom is 0.411 e. The number of hydrogen-bond donors (Lipinski definition) is 2. The van der Waals surface area contributed by atoms with Gasteiger partial charge in [-0.15, -0.1) is 11.8 Å². The molecule has 2 aromatic carbocycles. The molecule has 0 spiro atoms. The molecule has 0 fully saturated rings. The van der Waals surface area contributed by atoms with Crippen LogP contribution in [-0.2, 0) is 9.53 Å². The minimum Gasteiger partial charge on any atom is -0.449 e. The van der Waals surface area contributed by atoms with Gasteiger partial charge in [0.2, 0.25) is 5.91 Å². The number of amides is 2. The van der Waals surface area contributed by atoms with Crippen LogP contribution in [0.15, 0.2) is 53.4 Å². The van der Waals surface area contributed by atoms with E-state index < -0.39 is 6.09 Å². The van der Waals surface area contributed by atoms with Crippen LogP contribution in [0.5, 0.6) is 0 Å². The summed E-state index contributed by atoms with van der Waals surface area (Å²) in [5, 5.41) is 5.50. The molecule has 0 heterocycles. The van der Waals surface area contributed by atoms with Crippen molar-refractivity contribution in [2.24, 2.45) is 5.92 Å². The second kappa shape index (κ2) is 9.87. The summed E-state index contributed by atoms with van der Waals surface area (Å²) < 4.78 is 5.09. The lowest BCUT2D eigenvalue weighted by atomic mass is 10.2. The number of carbonyl (C=O) groups is 2. The summed E-state index contributed by atoms with van der Waals surface area (Å²) >= 11 is 1.50. The predicted molar refractivity (Wildman–Crippen MR) is 107 cm³/mol. The molecule has 2 amide bonds. The normalized spacial score (nSPS) is 10.5. The Bertz CT molecular complexity index is 762. The summed E-state index contributed by atoms with van der Waals surface area (Å²) in [6.45, 7) is 6.32. The monoisotopic (exact) mass is 372 g/mol. The fourth-order valence-corrected chi connectivity index (χ4v) is 2.96. The van der Waals surface area contributed by atoms with Crippen molar-refractivity contribution in [1.82, 2.24) is 0 Å². The van der Waals surface area contributed by atoms with Crippen LogP contribution in [0.2, 0.25) is 0 Å². The van der Waals surface area contributed by atoms with Crippen LogP contribution in [0.4, 0.5) is 16.2 Å². The number of benzene rings is 2. The van der Waals surface area contributed by atoms with E-state index in [2.05, 4.69) is 10.6 Å². The van der Waals surface area contributed by atoms with Gasteiger partial charge in [-0.25, -0.2) is 4.79 Å². The molecule has 2 aromatic rings. The highest BCUT2D eigenvalue weighted by Crippen LogP contribution is 2.22. The number of thioether (sulfide) groups is 1. The Morgan fingerprint density at radius 2 is 1.73 bits per heavy atom. The molecule has 2 N–H and O–H groups in total. The highest BCUT2D eigenvalue weighted by Gasteiger charge is 2.08. The van der Waals surface area contributed by atoms with Crippen LogP contribution in [0, 0.1) is 12.8 Å². The second-order valence-electron chi connectivity index (χ2n) is 6.30. The number of hydrogen-bond acceptors (Lipinski definition) is 4. The predicted octanol–water partition coefficient (Wildman–Crippen LogP) is 4.93. The first-order valence-electron chi connectivity index (χ1n) is 8.46. The van der Waals surface area contributed by atoms with E-state index in [0.717, 1.165) is 10.5 Å². The van der Waals surface area contributed by atoms with E-state index in [1.165, 1.54) is 11.8 Å². The lowest BCUT2D eigenvalue weighted by Crippen LogP contribution is -2.17. The third kappa shape index (κ3) is 6.80. The molecule has 0 aromatic heterocycles. The van der Waals surface area contributed by atoms with E-state index in [-0.39, 0.29) is 11.8 Å². The van der Waals surface area contributed by atoms with E-state index in [0.29, 0.717) is 23.7 Å². The fourth-order valence-electron chi connectivity index (χ4n) is 2.13. The Hall–Kier alpha value is -2.47. The minimum atomic E-state index is -0.503. The molecule has 0 unspecified atom stereocenters. The fraction of sp³-hybridized carbons (Fsp3) is 0.300. The van der Waals surface area contributed by atoms with Crippen molar-refractivity contribution in [2.45, 2.75) is 25.7 Å². The zero-order chi connectivity index (χ0) is 18.9. The molecule has 0 radical (unpaired) electrons. The quantitative estimate of drug-likeness (QED) is 0.676. The van der Waals surface area contributed by atoms with E-state index in [1.54, 1.807) is 24.3 Å². The topological polar surface area (TPSA) is 67.4 Å². The van der Waals surface area contributed by atoms with Gasteiger partial charge in [0.05, 0.1) is 12.4 Å². The zero-order valence-corrected chi connectivity index (χ0v) is 16.1. The van der Waals surface area contributed by atoms with Gasteiger partial charge in [0.15, 0.2) is 0 Å². The van der Waals surface area contributed by atoms with Crippen LogP contribution >= 0.6 is 11.8 Å². The number of ether oxygens (including phenoxy) is 1. The first-order valence-corrected chi connectivity index (χ1v) is 9.44. The SMILES string of the molecule is Cc1ccccc1SCC(=O)Nc1cccc(NC(=O)OCC(C)C)c1. The van der Waals surface area contributed by atoms with Gasteiger partial charge in [0.25, 0.3) is 0 Å². The molecule has 0 aliphatic rings. The average Bonchev–Trinajstić information content (AvgIpc) is 2.59. The van der Waals surface area contributed by atoms with Crippen LogP contribution in [0.1, 0.15) is 19.4 Å². The average molecular weight is 372 g/mol. The molecular formula is C20H24N2O3S. The Balaban J connectivity index is 1.86. The molecule has 26 heavy (non-hydrogen) atoms. The van der Waals surface area contributed by atoms with Crippen molar-refractivity contribution in [2.75, 3.05) is 23.0 Å². The smallest absolute Gasteiger partial charge is 0.411 e. The van der Waals surface area contributed by atoms with E-state index in [4.69, 9.17) is 4.74 Å². The molecule has 0 aliphatic carbocycles. The van der Waals surface area contributed by atoms with Gasteiger partial charge in [0, 0.05) is 16.3 Å². The summed E-state index contributed by atoms with van der Waals surface area (Å²) in [7, 11) is 0. The van der Waals surface area contributed by atoms with E-state index in [9.17, 15) is 9.59 Å². The van der Waals surface area contributed by atoms with Gasteiger partial charge in [-0.05, 0) is 42.7 Å². The van der Waals surface area contributed by atoms with Gasteiger partial charge < -0.3 is 10.1 Å². The Morgan fingerprint density at radius 1 is 1.04 bits per heavy atom. The number of aryl methyl sites for hydroxylation is 1. The first kappa shape index (κ1) is 19.8. The van der Waals surface area contributed by atoms with Crippen LogP contribution in [0.25, 0.3) is 0 Å². The maximum absolute atomic E-state index is 12.2. The van der Waals surface area contributed by atoms with Crippen molar-refractivity contribution < 1.29 is 14.3 Å². The summed E-state index contributed by atoms with van der Waals surface area (Å²) in [4.78, 5) is 25.0. The van der Waals surface area contributed by atoms with E-state index in [1.807, 2.05) is 45.0 Å². The summed E-state index contributed by atoms with van der Waals surface area (Å²) in [5.74, 6) is 0.494. The van der Waals surface area contributed by atoms with Crippen LogP contribution in [0.3, 0.4) is 0 Å². The molecule has 0 atom stereocenters. The standard InChI is InChI=1S/C20H24N2O3S/c1-14(2)12-25-20(24)22-17-9-6-8-16(11-17)21-19(23)13-26-18-10-5-4-7-15(18)3/h4-11,14H,12-13H2,1-3H3,(H,21,23)(H,22,24). The highest BCUT2D eigenvalue weighted by molar-refractivity contribution is 8.00. The van der Waals surface area contributed by atoms with E-state index >= 15 is 0 Å². The summed E-state index contributed by atoms with van der Waals surface area (Å²) in [6, 6.07) is 14.9. The largest absolute Gasteiger partial charge is 0.449 e.